The number of furan rings is 1. The number of rotatable bonds is 2. The van der Waals surface area contributed by atoms with Crippen molar-refractivity contribution >= 4 is 17.2 Å². The fourth-order valence-electron chi connectivity index (χ4n) is 2.49. The summed E-state index contributed by atoms with van der Waals surface area (Å²) in [5.74, 6) is 1.48. The molecule has 3 aromatic rings. The number of halogens is 1. The standard InChI is InChI=1S/C18H13FN4O/c1-11-4-7-16(24-11)17-14-9-13(19)5-6-15(14)21-18(23-22-17)12-3-2-8-20-10-12/h2-10H,1H3,(H,21,23). The zero-order valence-corrected chi connectivity index (χ0v) is 12.8. The van der Waals surface area contributed by atoms with Crippen LogP contribution < -0.4 is 5.43 Å². The van der Waals surface area contributed by atoms with Crippen LogP contribution in [-0.2, 0) is 0 Å². The molecule has 2 aromatic heterocycles. The van der Waals surface area contributed by atoms with Crippen LogP contribution in [0.25, 0.3) is 0 Å². The number of benzene rings is 1. The van der Waals surface area contributed by atoms with Gasteiger partial charge in [0.15, 0.2) is 11.6 Å². The number of hydrazone groups is 1. The van der Waals surface area contributed by atoms with Gasteiger partial charge in [-0.05, 0) is 49.4 Å². The fourth-order valence-corrected chi connectivity index (χ4v) is 2.49. The molecule has 0 saturated carbocycles. The summed E-state index contributed by atoms with van der Waals surface area (Å²) in [6, 6.07) is 11.7. The molecular weight excluding hydrogens is 307 g/mol. The molecule has 0 fully saturated rings. The zero-order valence-electron chi connectivity index (χ0n) is 12.8. The van der Waals surface area contributed by atoms with Crippen molar-refractivity contribution in [3.63, 3.8) is 0 Å². The largest absolute Gasteiger partial charge is 0.460 e. The second kappa shape index (κ2) is 5.73. The van der Waals surface area contributed by atoms with Crippen molar-refractivity contribution in [2.24, 2.45) is 10.1 Å². The zero-order chi connectivity index (χ0) is 16.5. The maximum absolute atomic E-state index is 13.8. The first-order chi connectivity index (χ1) is 11.7. The highest BCUT2D eigenvalue weighted by atomic mass is 19.1. The van der Waals surface area contributed by atoms with Crippen molar-refractivity contribution in [3.05, 3.63) is 83.3 Å². The summed E-state index contributed by atoms with van der Waals surface area (Å²) in [5, 5.41) is 4.39. The topological polar surface area (TPSA) is 62.8 Å². The third-order valence-corrected chi connectivity index (χ3v) is 3.63. The lowest BCUT2D eigenvalue weighted by Gasteiger charge is -2.04. The van der Waals surface area contributed by atoms with E-state index in [1.54, 1.807) is 24.5 Å². The predicted octanol–water partition coefficient (Wildman–Crippen LogP) is 3.56. The van der Waals surface area contributed by atoms with E-state index in [1.807, 2.05) is 25.1 Å². The molecule has 0 saturated heterocycles. The average Bonchev–Trinajstić information content (AvgIpc) is 2.93. The molecule has 5 nitrogen and oxygen atoms in total. The van der Waals surface area contributed by atoms with Crippen LogP contribution in [0.3, 0.4) is 0 Å². The second-order valence-corrected chi connectivity index (χ2v) is 5.35. The van der Waals surface area contributed by atoms with Crippen molar-refractivity contribution < 1.29 is 8.81 Å². The lowest BCUT2D eigenvalue weighted by molar-refractivity contribution is 0.525. The minimum Gasteiger partial charge on any atom is -0.460 e. The van der Waals surface area contributed by atoms with E-state index >= 15 is 0 Å². The Bertz CT molecular complexity index is 960. The normalized spacial score (nSPS) is 13.4. The SMILES string of the molecule is Cc1ccc(C2=NNC(c3cccnc3)=Nc3ccc(F)cc32)o1. The monoisotopic (exact) mass is 320 g/mol. The van der Waals surface area contributed by atoms with Gasteiger partial charge in [-0.2, -0.15) is 5.10 Å². The van der Waals surface area contributed by atoms with E-state index in [9.17, 15) is 4.39 Å². The van der Waals surface area contributed by atoms with Gasteiger partial charge in [-0.15, -0.1) is 0 Å². The average molecular weight is 320 g/mol. The van der Waals surface area contributed by atoms with Gasteiger partial charge in [0.05, 0.1) is 5.69 Å². The van der Waals surface area contributed by atoms with Gasteiger partial charge >= 0.3 is 0 Å². The number of hydrogen-bond acceptors (Lipinski definition) is 5. The number of aromatic nitrogens is 1. The number of aliphatic imine (C=N–C) groups is 1. The molecule has 3 heterocycles. The van der Waals surface area contributed by atoms with Crippen LogP contribution in [0.15, 0.2) is 69.4 Å². The number of hydrogen-bond donors (Lipinski definition) is 1. The Hall–Kier alpha value is -3.28. The Morgan fingerprint density at radius 3 is 2.79 bits per heavy atom. The van der Waals surface area contributed by atoms with E-state index in [-0.39, 0.29) is 5.82 Å². The van der Waals surface area contributed by atoms with Crippen LogP contribution in [0.1, 0.15) is 22.6 Å². The van der Waals surface area contributed by atoms with Crippen LogP contribution in [0.2, 0.25) is 0 Å². The van der Waals surface area contributed by atoms with Gasteiger partial charge in [0.1, 0.15) is 17.3 Å². The van der Waals surface area contributed by atoms with Crippen molar-refractivity contribution in [3.8, 4) is 0 Å². The molecule has 0 unspecified atom stereocenters. The molecule has 24 heavy (non-hydrogen) atoms. The minimum absolute atomic E-state index is 0.357. The lowest BCUT2D eigenvalue weighted by Crippen LogP contribution is -2.19. The quantitative estimate of drug-likeness (QED) is 0.785. The number of pyridine rings is 1. The fraction of sp³-hybridized carbons (Fsp3) is 0.0556. The Balaban J connectivity index is 1.88. The van der Waals surface area contributed by atoms with Gasteiger partial charge < -0.3 is 4.42 Å². The summed E-state index contributed by atoms with van der Waals surface area (Å²) >= 11 is 0. The second-order valence-electron chi connectivity index (χ2n) is 5.35. The van der Waals surface area contributed by atoms with Gasteiger partial charge in [-0.3, -0.25) is 10.4 Å². The van der Waals surface area contributed by atoms with Crippen molar-refractivity contribution in [2.45, 2.75) is 6.92 Å². The molecule has 1 aliphatic heterocycles. The van der Waals surface area contributed by atoms with E-state index in [4.69, 9.17) is 4.42 Å². The Morgan fingerprint density at radius 1 is 1.12 bits per heavy atom. The number of amidine groups is 1. The summed E-state index contributed by atoms with van der Waals surface area (Å²) in [6.07, 6.45) is 3.37. The molecule has 0 aliphatic carbocycles. The third kappa shape index (κ3) is 2.58. The predicted molar refractivity (Wildman–Crippen MR) is 89.1 cm³/mol. The number of nitrogens with zero attached hydrogens (tertiary/aromatic N) is 3. The van der Waals surface area contributed by atoms with E-state index in [0.717, 1.165) is 11.3 Å². The molecule has 0 amide bonds. The molecule has 0 bridgehead atoms. The van der Waals surface area contributed by atoms with Gasteiger partial charge in [0.2, 0.25) is 0 Å². The van der Waals surface area contributed by atoms with Gasteiger partial charge in [-0.25, -0.2) is 9.38 Å². The molecule has 4 rings (SSSR count). The lowest BCUT2D eigenvalue weighted by atomic mass is 10.1. The molecule has 0 atom stereocenters. The Kier molecular flexibility index (Phi) is 3.42. The first kappa shape index (κ1) is 14.3. The highest BCUT2D eigenvalue weighted by molar-refractivity contribution is 6.16. The molecule has 0 spiro atoms. The van der Waals surface area contributed by atoms with E-state index in [2.05, 4.69) is 20.5 Å². The number of fused-ring (bicyclic) bond motifs is 1. The van der Waals surface area contributed by atoms with Crippen molar-refractivity contribution in [1.29, 1.82) is 0 Å². The Labute approximate surface area is 137 Å². The van der Waals surface area contributed by atoms with Crippen molar-refractivity contribution in [1.82, 2.24) is 10.4 Å². The van der Waals surface area contributed by atoms with Crippen LogP contribution in [-0.4, -0.2) is 16.5 Å². The molecule has 6 heteroatoms. The maximum Gasteiger partial charge on any atom is 0.155 e. The van der Waals surface area contributed by atoms with Crippen molar-refractivity contribution in [2.75, 3.05) is 0 Å². The van der Waals surface area contributed by atoms with Gasteiger partial charge in [0.25, 0.3) is 0 Å². The van der Waals surface area contributed by atoms with E-state index in [0.29, 0.717) is 28.6 Å². The van der Waals surface area contributed by atoms with Crippen LogP contribution in [0.5, 0.6) is 0 Å². The molecule has 1 N–H and O–H groups in total. The van der Waals surface area contributed by atoms with Crippen LogP contribution in [0, 0.1) is 12.7 Å². The molecule has 1 aromatic carbocycles. The van der Waals surface area contributed by atoms with E-state index < -0.39 is 0 Å². The summed E-state index contributed by atoms with van der Waals surface area (Å²) in [4.78, 5) is 8.67. The van der Waals surface area contributed by atoms with Gasteiger partial charge in [-0.1, -0.05) is 0 Å². The minimum atomic E-state index is -0.357. The smallest absolute Gasteiger partial charge is 0.155 e. The molecule has 1 aliphatic rings. The Morgan fingerprint density at radius 2 is 2.04 bits per heavy atom. The summed E-state index contributed by atoms with van der Waals surface area (Å²) in [6.45, 7) is 1.85. The van der Waals surface area contributed by atoms with Crippen LogP contribution in [0.4, 0.5) is 10.1 Å². The maximum atomic E-state index is 13.8. The molecule has 0 radical (unpaired) electrons. The summed E-state index contributed by atoms with van der Waals surface area (Å²) in [7, 11) is 0. The first-order valence-electron chi connectivity index (χ1n) is 7.40. The molecule has 118 valence electrons. The highest BCUT2D eigenvalue weighted by Gasteiger charge is 2.20. The highest BCUT2D eigenvalue weighted by Crippen LogP contribution is 2.27. The first-order valence-corrected chi connectivity index (χ1v) is 7.40. The van der Waals surface area contributed by atoms with Crippen LogP contribution >= 0.6 is 0 Å². The number of nitrogens with one attached hydrogen (secondary N) is 1. The summed E-state index contributed by atoms with van der Waals surface area (Å²) in [5.41, 5.74) is 5.39. The molecular formula is C18H13FN4O. The third-order valence-electron chi connectivity index (χ3n) is 3.63. The summed E-state index contributed by atoms with van der Waals surface area (Å²) < 4.78 is 19.4. The number of aryl methyl sites for hydroxylation is 1. The van der Waals surface area contributed by atoms with E-state index in [1.165, 1.54) is 12.1 Å². The van der Waals surface area contributed by atoms with Gasteiger partial charge in [0, 0.05) is 23.5 Å².